The van der Waals surface area contributed by atoms with Gasteiger partial charge in [0, 0.05) is 52.4 Å². The number of thiazole rings is 1. The number of piperidine rings is 1. The number of likely N-dealkylation sites (N-methyl/N-ethyl adjacent to an activating group) is 1. The number of nitrogens with zero attached hydrogens (tertiary/aromatic N) is 3. The highest BCUT2D eigenvalue weighted by Crippen LogP contribution is 2.28. The van der Waals surface area contributed by atoms with Crippen LogP contribution in [0.2, 0.25) is 0 Å². The van der Waals surface area contributed by atoms with Crippen LogP contribution < -0.4 is 10.6 Å². The number of rotatable bonds is 8. The first kappa shape index (κ1) is 19.6. The Morgan fingerprint density at radius 3 is 2.68 bits per heavy atom. The van der Waals surface area contributed by atoms with Crippen LogP contribution in [0, 0.1) is 0 Å². The molecule has 9 heteroatoms. The first-order chi connectivity index (χ1) is 12.0. The number of hydrogen-bond donors (Lipinski definition) is 2. The van der Waals surface area contributed by atoms with Crippen LogP contribution in [0.3, 0.4) is 0 Å². The Hall–Kier alpha value is -1.71. The van der Waals surface area contributed by atoms with Gasteiger partial charge in [0.25, 0.3) is 0 Å². The lowest BCUT2D eigenvalue weighted by Crippen LogP contribution is -2.59. The van der Waals surface area contributed by atoms with Crippen molar-refractivity contribution in [3.63, 3.8) is 0 Å². The number of nitrogens with one attached hydrogen (secondary N) is 2. The Morgan fingerprint density at radius 1 is 1.40 bits per heavy atom. The Labute approximate surface area is 152 Å². The molecule has 0 saturated carbocycles. The molecule has 1 aromatic heterocycles. The minimum absolute atomic E-state index is 0.0432. The van der Waals surface area contributed by atoms with Gasteiger partial charge in [-0.2, -0.15) is 0 Å². The monoisotopic (exact) mass is 369 g/mol. The molecule has 8 nitrogen and oxygen atoms in total. The minimum Gasteiger partial charge on any atom is -0.383 e. The summed E-state index contributed by atoms with van der Waals surface area (Å²) in [6, 6.07) is 0. The van der Waals surface area contributed by atoms with Crippen molar-refractivity contribution in [2.75, 3.05) is 59.3 Å². The van der Waals surface area contributed by atoms with Crippen LogP contribution in [0.15, 0.2) is 11.6 Å². The molecule has 140 valence electrons. The minimum atomic E-state index is -0.705. The van der Waals surface area contributed by atoms with E-state index in [0.29, 0.717) is 45.6 Å². The molecule has 0 atom stereocenters. The number of ether oxygens (including phenoxy) is 1. The first-order valence-electron chi connectivity index (χ1n) is 8.34. The Kier molecular flexibility index (Phi) is 7.15. The molecule has 1 fully saturated rings. The van der Waals surface area contributed by atoms with E-state index in [4.69, 9.17) is 4.74 Å². The molecule has 25 heavy (non-hydrogen) atoms. The predicted octanol–water partition coefficient (Wildman–Crippen LogP) is 0.240. The van der Waals surface area contributed by atoms with Gasteiger partial charge in [0.15, 0.2) is 5.13 Å². The van der Waals surface area contributed by atoms with Crippen LogP contribution in [-0.2, 0) is 14.3 Å². The average Bonchev–Trinajstić information content (AvgIpc) is 3.09. The van der Waals surface area contributed by atoms with Crippen LogP contribution in [0.1, 0.15) is 12.8 Å². The third kappa shape index (κ3) is 5.38. The maximum absolute atomic E-state index is 12.8. The van der Waals surface area contributed by atoms with Gasteiger partial charge < -0.3 is 20.3 Å². The number of amides is 2. The maximum Gasteiger partial charge on any atom is 0.245 e. The number of anilines is 1. The second-order valence-electron chi connectivity index (χ2n) is 6.36. The third-order valence-corrected chi connectivity index (χ3v) is 5.06. The van der Waals surface area contributed by atoms with Gasteiger partial charge in [0.2, 0.25) is 11.8 Å². The summed E-state index contributed by atoms with van der Waals surface area (Å²) in [5.41, 5.74) is -0.705. The topological polar surface area (TPSA) is 86.8 Å². The predicted molar refractivity (Wildman–Crippen MR) is 97.7 cm³/mol. The summed E-state index contributed by atoms with van der Waals surface area (Å²) in [5, 5.41) is 8.88. The molecule has 0 aromatic carbocycles. The molecular weight excluding hydrogens is 342 g/mol. The standard InChI is InChI=1S/C16H27N5O3S/c1-20(2)13(22)12-21-8-4-16(5-9-21,14(23)17-6-10-24-3)19-15-18-7-11-25-15/h7,11H,4-6,8-10,12H2,1-3H3,(H,17,23)(H,18,19). The Balaban J connectivity index is 2.01. The van der Waals surface area contributed by atoms with Crippen LogP contribution in [0.4, 0.5) is 5.13 Å². The van der Waals surface area contributed by atoms with Gasteiger partial charge in [-0.3, -0.25) is 14.5 Å². The molecular formula is C16H27N5O3S. The lowest BCUT2D eigenvalue weighted by Gasteiger charge is -2.41. The molecule has 2 rings (SSSR count). The van der Waals surface area contributed by atoms with Crippen molar-refractivity contribution in [3.05, 3.63) is 11.6 Å². The second kappa shape index (κ2) is 9.12. The van der Waals surface area contributed by atoms with E-state index in [-0.39, 0.29) is 11.8 Å². The Morgan fingerprint density at radius 2 is 2.12 bits per heavy atom. The van der Waals surface area contributed by atoms with E-state index in [2.05, 4.69) is 20.5 Å². The molecule has 1 aliphatic rings. The molecule has 0 radical (unpaired) electrons. The van der Waals surface area contributed by atoms with Gasteiger partial charge in [0.1, 0.15) is 5.54 Å². The van der Waals surface area contributed by atoms with Crippen molar-refractivity contribution < 1.29 is 14.3 Å². The van der Waals surface area contributed by atoms with Crippen molar-refractivity contribution in [1.82, 2.24) is 20.1 Å². The van der Waals surface area contributed by atoms with E-state index in [0.717, 1.165) is 5.13 Å². The summed E-state index contributed by atoms with van der Waals surface area (Å²) in [6.07, 6.45) is 2.95. The summed E-state index contributed by atoms with van der Waals surface area (Å²) in [4.78, 5) is 32.6. The van der Waals surface area contributed by atoms with Gasteiger partial charge >= 0.3 is 0 Å². The van der Waals surface area contributed by atoms with E-state index < -0.39 is 5.54 Å². The second-order valence-corrected chi connectivity index (χ2v) is 7.25. The number of hydrogen-bond acceptors (Lipinski definition) is 7. The molecule has 0 bridgehead atoms. The lowest BCUT2D eigenvalue weighted by molar-refractivity contribution is -0.131. The van der Waals surface area contributed by atoms with Crippen molar-refractivity contribution >= 4 is 28.3 Å². The smallest absolute Gasteiger partial charge is 0.245 e. The van der Waals surface area contributed by atoms with E-state index in [1.807, 2.05) is 5.38 Å². The molecule has 0 unspecified atom stereocenters. The molecule has 0 spiro atoms. The van der Waals surface area contributed by atoms with Crippen LogP contribution in [0.5, 0.6) is 0 Å². The summed E-state index contributed by atoms with van der Waals surface area (Å²) >= 11 is 1.47. The summed E-state index contributed by atoms with van der Waals surface area (Å²) < 4.78 is 5.01. The van der Waals surface area contributed by atoms with Crippen molar-refractivity contribution in [3.8, 4) is 0 Å². The van der Waals surface area contributed by atoms with Crippen LogP contribution in [0.25, 0.3) is 0 Å². The van der Waals surface area contributed by atoms with Crippen molar-refractivity contribution in [2.45, 2.75) is 18.4 Å². The van der Waals surface area contributed by atoms with Crippen LogP contribution >= 0.6 is 11.3 Å². The molecule has 1 saturated heterocycles. The lowest BCUT2D eigenvalue weighted by atomic mass is 9.86. The number of methoxy groups -OCH3 is 1. The first-order valence-corrected chi connectivity index (χ1v) is 9.22. The normalized spacial score (nSPS) is 17.1. The SMILES string of the molecule is COCCNC(=O)C1(Nc2nccs2)CCN(CC(=O)N(C)C)CC1. The maximum atomic E-state index is 12.8. The molecule has 1 aromatic rings. The van der Waals surface area contributed by atoms with Gasteiger partial charge in [-0.15, -0.1) is 11.3 Å². The molecule has 0 aliphatic carbocycles. The molecule has 1 aliphatic heterocycles. The third-order valence-electron chi connectivity index (χ3n) is 4.37. The summed E-state index contributed by atoms with van der Waals surface area (Å²) in [6.45, 7) is 2.68. The fourth-order valence-corrected chi connectivity index (χ4v) is 3.39. The highest BCUT2D eigenvalue weighted by atomic mass is 32.1. The zero-order valence-corrected chi connectivity index (χ0v) is 15.9. The van der Waals surface area contributed by atoms with Crippen molar-refractivity contribution in [1.29, 1.82) is 0 Å². The number of likely N-dealkylation sites (tertiary alicyclic amines) is 1. The largest absolute Gasteiger partial charge is 0.383 e. The quantitative estimate of drug-likeness (QED) is 0.639. The highest BCUT2D eigenvalue weighted by molar-refractivity contribution is 7.13. The summed E-state index contributed by atoms with van der Waals surface area (Å²) in [7, 11) is 5.11. The Bertz CT molecular complexity index is 556. The molecule has 2 amide bonds. The fraction of sp³-hybridized carbons (Fsp3) is 0.688. The van der Waals surface area contributed by atoms with Gasteiger partial charge in [-0.05, 0) is 12.8 Å². The van der Waals surface area contributed by atoms with Crippen LogP contribution in [-0.4, -0.2) is 86.1 Å². The highest BCUT2D eigenvalue weighted by Gasteiger charge is 2.42. The average molecular weight is 369 g/mol. The van der Waals surface area contributed by atoms with E-state index in [1.165, 1.54) is 11.3 Å². The zero-order valence-electron chi connectivity index (χ0n) is 15.1. The summed E-state index contributed by atoms with van der Waals surface area (Å²) in [5.74, 6) is 0.0308. The molecule has 2 heterocycles. The zero-order chi connectivity index (χ0) is 18.3. The van der Waals surface area contributed by atoms with E-state index in [1.54, 1.807) is 32.3 Å². The number of aromatic nitrogens is 1. The van der Waals surface area contributed by atoms with Gasteiger partial charge in [-0.25, -0.2) is 4.98 Å². The van der Waals surface area contributed by atoms with Crippen molar-refractivity contribution in [2.24, 2.45) is 0 Å². The van der Waals surface area contributed by atoms with Gasteiger partial charge in [0.05, 0.1) is 13.2 Å². The van der Waals surface area contributed by atoms with Gasteiger partial charge in [-0.1, -0.05) is 0 Å². The number of carbonyl (C=O) groups excluding carboxylic acids is 2. The fourth-order valence-electron chi connectivity index (χ4n) is 2.76. The molecule has 2 N–H and O–H groups in total. The van der Waals surface area contributed by atoms with E-state index in [9.17, 15) is 9.59 Å². The number of carbonyl (C=O) groups is 2. The van der Waals surface area contributed by atoms with E-state index >= 15 is 0 Å².